The van der Waals surface area contributed by atoms with Gasteiger partial charge in [0.25, 0.3) is 0 Å². The second kappa shape index (κ2) is 5.58. The summed E-state index contributed by atoms with van der Waals surface area (Å²) in [6.07, 6.45) is 3.34. The maximum absolute atomic E-state index is 11.5. The van der Waals surface area contributed by atoms with Gasteiger partial charge in [-0.1, -0.05) is 0 Å². The third-order valence-corrected chi connectivity index (χ3v) is 3.00. The zero-order chi connectivity index (χ0) is 13.0. The summed E-state index contributed by atoms with van der Waals surface area (Å²) in [7, 11) is 0. The summed E-state index contributed by atoms with van der Waals surface area (Å²) in [5.74, 6) is 0.171. The lowest BCUT2D eigenvalue weighted by atomic mass is 9.97. The van der Waals surface area contributed by atoms with E-state index in [1.165, 1.54) is 6.92 Å². The number of ketones is 2. The number of anilines is 1. The number of rotatable bonds is 3. The Bertz CT molecular complexity index is 489. The van der Waals surface area contributed by atoms with Crippen molar-refractivity contribution in [1.29, 1.82) is 0 Å². The zero-order valence-electron chi connectivity index (χ0n) is 10.4. The highest BCUT2D eigenvalue weighted by Crippen LogP contribution is 2.14. The number of nitrogens with zero attached hydrogens (tertiary/aromatic N) is 1. The molecule has 0 radical (unpaired) electrons. The third-order valence-electron chi connectivity index (χ3n) is 3.00. The fourth-order valence-corrected chi connectivity index (χ4v) is 1.89. The molecule has 94 valence electrons. The van der Waals surface area contributed by atoms with Crippen molar-refractivity contribution < 1.29 is 9.59 Å². The maximum Gasteiger partial charge on any atom is 0.178 e. The molecule has 0 bridgehead atoms. The number of carbonyl (C=O) groups is 2. The summed E-state index contributed by atoms with van der Waals surface area (Å²) in [6.45, 7) is 1.53. The quantitative estimate of drug-likeness (QED) is 0.657. The second-order valence-electron chi connectivity index (χ2n) is 4.43. The van der Waals surface area contributed by atoms with Crippen molar-refractivity contribution in [1.82, 2.24) is 0 Å². The van der Waals surface area contributed by atoms with Gasteiger partial charge in [-0.15, -0.1) is 0 Å². The molecule has 1 fully saturated rings. The van der Waals surface area contributed by atoms with Gasteiger partial charge in [0, 0.05) is 12.0 Å². The van der Waals surface area contributed by atoms with Gasteiger partial charge in [-0.3, -0.25) is 15.0 Å². The lowest BCUT2D eigenvalue weighted by molar-refractivity contribution is -0.113. The van der Waals surface area contributed by atoms with E-state index in [9.17, 15) is 9.59 Å². The highest BCUT2D eigenvalue weighted by atomic mass is 16.1. The summed E-state index contributed by atoms with van der Waals surface area (Å²) < 4.78 is 0. The molecule has 1 saturated carbocycles. The van der Waals surface area contributed by atoms with Crippen LogP contribution in [0.2, 0.25) is 0 Å². The molecule has 0 atom stereocenters. The molecule has 1 aliphatic rings. The minimum atomic E-state index is 0.0373. The van der Waals surface area contributed by atoms with Crippen LogP contribution in [0.5, 0.6) is 0 Å². The summed E-state index contributed by atoms with van der Waals surface area (Å²) in [6, 6.07) is 7.06. The topological polar surface area (TPSA) is 58.5 Å². The van der Waals surface area contributed by atoms with Gasteiger partial charge in [-0.05, 0) is 50.5 Å². The molecule has 1 aromatic rings. The Morgan fingerprint density at radius 2 is 1.83 bits per heavy atom. The number of carbonyl (C=O) groups excluding carboxylic acids is 2. The molecule has 18 heavy (non-hydrogen) atoms. The van der Waals surface area contributed by atoms with Crippen LogP contribution in [0.15, 0.2) is 29.4 Å². The minimum absolute atomic E-state index is 0.0373. The molecular weight excluding hydrogens is 228 g/mol. The SMILES string of the molecule is CC(=O)c1ccc(N/N=C2/CCCCC2=O)cc1. The number of benzene rings is 1. The van der Waals surface area contributed by atoms with Crippen LogP contribution in [0.1, 0.15) is 43.0 Å². The van der Waals surface area contributed by atoms with Crippen LogP contribution in [0.3, 0.4) is 0 Å². The molecule has 1 aliphatic carbocycles. The standard InChI is InChI=1S/C14H16N2O2/c1-10(17)11-6-8-12(9-7-11)15-16-13-4-2-3-5-14(13)18/h6-9,15H,2-5H2,1H3/b16-13-. The molecule has 0 amide bonds. The van der Waals surface area contributed by atoms with Crippen LogP contribution in [0.4, 0.5) is 5.69 Å². The number of hydrogen-bond donors (Lipinski definition) is 1. The summed E-state index contributed by atoms with van der Waals surface area (Å²) in [4.78, 5) is 22.7. The highest BCUT2D eigenvalue weighted by molar-refractivity contribution is 6.40. The van der Waals surface area contributed by atoms with E-state index in [-0.39, 0.29) is 11.6 Å². The average Bonchev–Trinajstić information content (AvgIpc) is 2.38. The first kappa shape index (κ1) is 12.5. The van der Waals surface area contributed by atoms with E-state index in [2.05, 4.69) is 10.5 Å². The van der Waals surface area contributed by atoms with Crippen molar-refractivity contribution in [2.24, 2.45) is 5.10 Å². The lowest BCUT2D eigenvalue weighted by Gasteiger charge is -2.11. The summed E-state index contributed by atoms with van der Waals surface area (Å²) in [5.41, 5.74) is 4.94. The molecule has 0 heterocycles. The molecule has 0 spiro atoms. The van der Waals surface area contributed by atoms with Gasteiger partial charge in [0.2, 0.25) is 0 Å². The molecule has 1 N–H and O–H groups in total. The Morgan fingerprint density at radius 1 is 1.17 bits per heavy atom. The number of nitrogens with one attached hydrogen (secondary N) is 1. The Labute approximate surface area is 106 Å². The minimum Gasteiger partial charge on any atom is -0.295 e. The van der Waals surface area contributed by atoms with Crippen molar-refractivity contribution in [2.75, 3.05) is 5.43 Å². The van der Waals surface area contributed by atoms with E-state index < -0.39 is 0 Å². The summed E-state index contributed by atoms with van der Waals surface area (Å²) in [5, 5.41) is 4.14. The molecule has 2 rings (SSSR count). The lowest BCUT2D eigenvalue weighted by Crippen LogP contribution is -2.19. The van der Waals surface area contributed by atoms with E-state index in [1.807, 2.05) is 0 Å². The maximum atomic E-state index is 11.5. The van der Waals surface area contributed by atoms with Gasteiger partial charge in [0.15, 0.2) is 11.6 Å². The highest BCUT2D eigenvalue weighted by Gasteiger charge is 2.16. The molecule has 0 saturated heterocycles. The molecule has 1 aromatic carbocycles. The number of hydrazone groups is 1. The predicted octanol–water partition coefficient (Wildman–Crippen LogP) is 2.80. The summed E-state index contributed by atoms with van der Waals surface area (Å²) >= 11 is 0. The average molecular weight is 244 g/mol. The van der Waals surface area contributed by atoms with Gasteiger partial charge < -0.3 is 0 Å². The first-order valence-electron chi connectivity index (χ1n) is 6.13. The second-order valence-corrected chi connectivity index (χ2v) is 4.43. The Hall–Kier alpha value is -1.97. The molecular formula is C14H16N2O2. The predicted molar refractivity (Wildman–Crippen MR) is 71.0 cm³/mol. The number of hydrogen-bond acceptors (Lipinski definition) is 4. The van der Waals surface area contributed by atoms with Crippen molar-refractivity contribution in [3.05, 3.63) is 29.8 Å². The van der Waals surface area contributed by atoms with Gasteiger partial charge in [0.05, 0.1) is 5.69 Å². The first-order chi connectivity index (χ1) is 8.66. The van der Waals surface area contributed by atoms with Crippen LogP contribution in [0, 0.1) is 0 Å². The normalized spacial score (nSPS) is 17.8. The Morgan fingerprint density at radius 3 is 2.44 bits per heavy atom. The van der Waals surface area contributed by atoms with Crippen molar-refractivity contribution in [3.63, 3.8) is 0 Å². The van der Waals surface area contributed by atoms with E-state index in [4.69, 9.17) is 0 Å². The van der Waals surface area contributed by atoms with Crippen molar-refractivity contribution >= 4 is 23.0 Å². The van der Waals surface area contributed by atoms with Gasteiger partial charge >= 0.3 is 0 Å². The van der Waals surface area contributed by atoms with Gasteiger partial charge in [-0.25, -0.2) is 0 Å². The molecule has 4 heteroatoms. The molecule has 0 aromatic heterocycles. The fourth-order valence-electron chi connectivity index (χ4n) is 1.89. The van der Waals surface area contributed by atoms with E-state index in [0.717, 1.165) is 24.9 Å². The van der Waals surface area contributed by atoms with E-state index >= 15 is 0 Å². The molecule has 0 aliphatic heterocycles. The Balaban J connectivity index is 2.03. The van der Waals surface area contributed by atoms with E-state index in [1.54, 1.807) is 24.3 Å². The third kappa shape index (κ3) is 3.03. The monoisotopic (exact) mass is 244 g/mol. The van der Waals surface area contributed by atoms with Crippen LogP contribution < -0.4 is 5.43 Å². The van der Waals surface area contributed by atoms with Crippen molar-refractivity contribution in [3.8, 4) is 0 Å². The van der Waals surface area contributed by atoms with Crippen LogP contribution >= 0.6 is 0 Å². The van der Waals surface area contributed by atoms with E-state index in [0.29, 0.717) is 17.7 Å². The van der Waals surface area contributed by atoms with Crippen LogP contribution in [0.25, 0.3) is 0 Å². The Kier molecular flexibility index (Phi) is 3.87. The van der Waals surface area contributed by atoms with Crippen LogP contribution in [-0.2, 0) is 4.79 Å². The molecule has 4 nitrogen and oxygen atoms in total. The molecule has 0 unspecified atom stereocenters. The van der Waals surface area contributed by atoms with Crippen molar-refractivity contribution in [2.45, 2.75) is 32.6 Å². The largest absolute Gasteiger partial charge is 0.295 e. The first-order valence-corrected chi connectivity index (χ1v) is 6.13. The zero-order valence-corrected chi connectivity index (χ0v) is 10.4. The van der Waals surface area contributed by atoms with Crippen LogP contribution in [-0.4, -0.2) is 17.3 Å². The van der Waals surface area contributed by atoms with Gasteiger partial charge in [-0.2, -0.15) is 5.10 Å². The van der Waals surface area contributed by atoms with Gasteiger partial charge in [0.1, 0.15) is 5.71 Å². The number of Topliss-reactive ketones (excluding diaryl/α,β-unsaturated/α-hetero) is 2. The fraction of sp³-hybridized carbons (Fsp3) is 0.357. The smallest absolute Gasteiger partial charge is 0.178 e.